The van der Waals surface area contributed by atoms with Gasteiger partial charge in [0.2, 0.25) is 5.91 Å². The summed E-state index contributed by atoms with van der Waals surface area (Å²) in [5, 5.41) is 7.83. The maximum absolute atomic E-state index is 13.6. The fourth-order valence-electron chi connectivity index (χ4n) is 4.23. The molecule has 0 radical (unpaired) electrons. The van der Waals surface area contributed by atoms with Crippen molar-refractivity contribution >= 4 is 52.3 Å². The fraction of sp³-hybridized carbons (Fsp3) is 0.375. The van der Waals surface area contributed by atoms with Crippen molar-refractivity contribution in [3.05, 3.63) is 60.9 Å². The Morgan fingerprint density at radius 3 is 2.45 bits per heavy atom. The third-order valence-corrected chi connectivity index (χ3v) is 7.22. The van der Waals surface area contributed by atoms with E-state index in [9.17, 15) is 14.4 Å². The Balaban J connectivity index is 1.45. The van der Waals surface area contributed by atoms with Gasteiger partial charge in [0.1, 0.15) is 17.0 Å². The monoisotopic (exact) mass is 616 g/mol. The number of amides is 2. The lowest BCUT2D eigenvalue weighted by molar-refractivity contribution is -0.118. The van der Waals surface area contributed by atoms with Gasteiger partial charge in [-0.15, -0.1) is 11.8 Å². The predicted octanol–water partition coefficient (Wildman–Crippen LogP) is 6.72. The number of anilines is 2. The van der Waals surface area contributed by atoms with Crippen molar-refractivity contribution in [2.24, 2.45) is 0 Å². The molecule has 2 heterocycles. The van der Waals surface area contributed by atoms with Crippen LogP contribution in [0, 0.1) is 0 Å². The van der Waals surface area contributed by atoms with Gasteiger partial charge < -0.3 is 14.8 Å². The van der Waals surface area contributed by atoms with E-state index >= 15 is 0 Å². The summed E-state index contributed by atoms with van der Waals surface area (Å²) in [5.74, 6) is 1.04. The zero-order chi connectivity index (χ0) is 31.6. The molecule has 2 aromatic carbocycles. The molecule has 4 aromatic rings. The zero-order valence-electron chi connectivity index (χ0n) is 25.7. The number of nitrogens with one attached hydrogen (secondary N) is 1. The molecule has 5 rings (SSSR count). The van der Waals surface area contributed by atoms with E-state index in [1.807, 2.05) is 24.3 Å². The molecule has 2 aromatic heterocycles. The van der Waals surface area contributed by atoms with Gasteiger partial charge in [-0.2, -0.15) is 9.78 Å². The molecule has 0 saturated heterocycles. The van der Waals surface area contributed by atoms with E-state index in [-0.39, 0.29) is 5.91 Å². The summed E-state index contributed by atoms with van der Waals surface area (Å²) < 4.78 is 12.4. The molecular weight excluding hydrogens is 580 g/mol. The number of thioether (sulfide) groups is 1. The van der Waals surface area contributed by atoms with Crippen molar-refractivity contribution in [1.29, 1.82) is 0 Å². The molecule has 2 amide bonds. The quantitative estimate of drug-likeness (QED) is 0.225. The maximum atomic E-state index is 13.6. The summed E-state index contributed by atoms with van der Waals surface area (Å²) in [4.78, 5) is 50.0. The molecule has 1 N–H and O–H groups in total. The molecule has 11 nitrogen and oxygen atoms in total. The summed E-state index contributed by atoms with van der Waals surface area (Å²) in [7, 11) is 0. The van der Waals surface area contributed by atoms with Gasteiger partial charge in [-0.3, -0.25) is 4.79 Å². The van der Waals surface area contributed by atoms with Crippen LogP contribution in [0.3, 0.4) is 0 Å². The molecule has 0 aliphatic heterocycles. The molecule has 1 saturated carbocycles. The van der Waals surface area contributed by atoms with E-state index in [0.717, 1.165) is 23.3 Å². The number of hydrogen-bond donors (Lipinski definition) is 1. The number of carbonyl (C=O) groups excluding carboxylic acids is 3. The molecule has 0 atom stereocenters. The lowest BCUT2D eigenvalue weighted by Crippen LogP contribution is -2.34. The molecule has 12 heteroatoms. The average molecular weight is 617 g/mol. The molecule has 1 fully saturated rings. The third kappa shape index (κ3) is 7.93. The van der Waals surface area contributed by atoms with Gasteiger partial charge in [0.15, 0.2) is 5.82 Å². The number of ether oxygens (including phenoxy) is 2. The summed E-state index contributed by atoms with van der Waals surface area (Å²) in [6.45, 7) is 10.7. The highest BCUT2D eigenvalue weighted by Crippen LogP contribution is 2.32. The van der Waals surface area contributed by atoms with Gasteiger partial charge in [-0.1, -0.05) is 12.1 Å². The van der Waals surface area contributed by atoms with E-state index in [0.29, 0.717) is 40.0 Å². The highest BCUT2D eigenvalue weighted by atomic mass is 32.2. The lowest BCUT2D eigenvalue weighted by Gasteiger charge is -2.27. The molecule has 0 spiro atoms. The van der Waals surface area contributed by atoms with E-state index < -0.39 is 23.4 Å². The van der Waals surface area contributed by atoms with Crippen molar-refractivity contribution in [1.82, 2.24) is 25.1 Å². The number of nitrogens with zero attached hydrogens (tertiary/aromatic N) is 5. The number of rotatable bonds is 7. The minimum absolute atomic E-state index is 0.0164. The number of carbonyl (C=O) groups is 3. The van der Waals surface area contributed by atoms with E-state index in [2.05, 4.69) is 15.4 Å². The van der Waals surface area contributed by atoms with Crippen LogP contribution in [0.5, 0.6) is 0 Å². The fourth-order valence-corrected chi connectivity index (χ4v) is 5.00. The minimum Gasteiger partial charge on any atom is -0.443 e. The highest BCUT2D eigenvalue weighted by Gasteiger charge is 2.28. The second kappa shape index (κ2) is 12.3. The lowest BCUT2D eigenvalue weighted by atomic mass is 10.2. The molecule has 1 aliphatic carbocycles. The van der Waals surface area contributed by atoms with Crippen LogP contribution in [0.15, 0.2) is 65.8 Å². The van der Waals surface area contributed by atoms with Crippen LogP contribution in [0.25, 0.3) is 22.3 Å². The first kappa shape index (κ1) is 31.0. The molecule has 1 aliphatic rings. The summed E-state index contributed by atoms with van der Waals surface area (Å²) in [6, 6.07) is 14.7. The van der Waals surface area contributed by atoms with Crippen molar-refractivity contribution < 1.29 is 23.9 Å². The summed E-state index contributed by atoms with van der Waals surface area (Å²) >= 11 is 1.44. The van der Waals surface area contributed by atoms with Gasteiger partial charge in [-0.05, 0) is 90.8 Å². The Kier molecular flexibility index (Phi) is 8.64. The van der Waals surface area contributed by atoms with Crippen LogP contribution in [0.1, 0.15) is 54.4 Å². The zero-order valence-corrected chi connectivity index (χ0v) is 26.5. The van der Waals surface area contributed by atoms with Gasteiger partial charge >= 0.3 is 12.2 Å². The van der Waals surface area contributed by atoms with Crippen molar-refractivity contribution in [3.63, 3.8) is 0 Å². The number of benzene rings is 2. The highest BCUT2D eigenvalue weighted by molar-refractivity contribution is 8.00. The first-order chi connectivity index (χ1) is 20.8. The number of aromatic nitrogens is 4. The summed E-state index contributed by atoms with van der Waals surface area (Å²) in [5.41, 5.74) is 0.268. The maximum Gasteiger partial charge on any atom is 0.435 e. The van der Waals surface area contributed by atoms with E-state index in [1.165, 1.54) is 27.5 Å². The van der Waals surface area contributed by atoms with Crippen LogP contribution in [0.2, 0.25) is 0 Å². The normalized spacial score (nSPS) is 13.4. The topological polar surface area (TPSA) is 129 Å². The Morgan fingerprint density at radius 2 is 1.75 bits per heavy atom. The van der Waals surface area contributed by atoms with Gasteiger partial charge in [0, 0.05) is 28.1 Å². The molecule has 0 bridgehead atoms. The van der Waals surface area contributed by atoms with Gasteiger partial charge in [0.25, 0.3) is 0 Å². The van der Waals surface area contributed by atoms with Gasteiger partial charge in [-0.25, -0.2) is 24.5 Å². The van der Waals surface area contributed by atoms with Crippen LogP contribution in [-0.4, -0.2) is 60.8 Å². The third-order valence-electron chi connectivity index (χ3n) is 6.23. The summed E-state index contributed by atoms with van der Waals surface area (Å²) in [6.07, 6.45) is 3.97. The van der Waals surface area contributed by atoms with Crippen LogP contribution < -0.4 is 10.2 Å². The number of fused-ring (bicyclic) bond motifs is 1. The Bertz CT molecular complexity index is 1700. The molecule has 0 unspecified atom stereocenters. The minimum atomic E-state index is -0.770. The largest absolute Gasteiger partial charge is 0.443 e. The van der Waals surface area contributed by atoms with Gasteiger partial charge in [0.05, 0.1) is 23.2 Å². The molecule has 230 valence electrons. The SMILES string of the molecule is CC(C)(C)OC(=O)N(c1ccc2c(cnn2C(=O)OC(C)(C)C)c1)c1ccnc(-c2cccc(SCC(=O)NC3CC3)c2)n1. The van der Waals surface area contributed by atoms with Crippen LogP contribution >= 0.6 is 11.8 Å². The van der Waals surface area contributed by atoms with E-state index in [1.54, 1.807) is 72.0 Å². The Hall–Kier alpha value is -4.45. The first-order valence-corrected chi connectivity index (χ1v) is 15.3. The van der Waals surface area contributed by atoms with E-state index in [4.69, 9.17) is 14.5 Å². The molecular formula is C32H36N6O5S. The Labute approximate surface area is 260 Å². The van der Waals surface area contributed by atoms with Crippen molar-refractivity contribution in [3.8, 4) is 11.4 Å². The first-order valence-electron chi connectivity index (χ1n) is 14.4. The Morgan fingerprint density at radius 1 is 1.00 bits per heavy atom. The van der Waals surface area contributed by atoms with Crippen molar-refractivity contribution in [2.45, 2.75) is 76.5 Å². The van der Waals surface area contributed by atoms with Crippen molar-refractivity contribution in [2.75, 3.05) is 10.7 Å². The average Bonchev–Trinajstić information content (AvgIpc) is 3.65. The second-order valence-corrected chi connectivity index (χ2v) is 13.5. The smallest absolute Gasteiger partial charge is 0.435 e. The number of hydrogen-bond acceptors (Lipinski definition) is 9. The van der Waals surface area contributed by atoms with Crippen LogP contribution in [-0.2, 0) is 14.3 Å². The van der Waals surface area contributed by atoms with Crippen LogP contribution in [0.4, 0.5) is 21.1 Å². The predicted molar refractivity (Wildman–Crippen MR) is 169 cm³/mol. The standard InChI is InChI=1S/C32H36N6O5S/c1-31(2,3)42-29(40)37(23-12-13-25-21(16-23)18-34-38(25)30(41)43-32(4,5)6)26-14-15-33-28(36-26)20-8-7-9-24(17-20)44-19-27(39)35-22-10-11-22/h7-9,12-18,22H,10-11,19H2,1-6H3,(H,35,39). The second-order valence-electron chi connectivity index (χ2n) is 12.5. The molecule has 44 heavy (non-hydrogen) atoms.